The summed E-state index contributed by atoms with van der Waals surface area (Å²) >= 11 is 0. The van der Waals surface area contributed by atoms with Gasteiger partial charge in [0.1, 0.15) is 0 Å². The van der Waals surface area contributed by atoms with Gasteiger partial charge < -0.3 is 15.4 Å². The summed E-state index contributed by atoms with van der Waals surface area (Å²) in [5, 5.41) is 5.47. The lowest BCUT2D eigenvalue weighted by atomic mass is 9.98. The first-order chi connectivity index (χ1) is 13.7. The minimum absolute atomic E-state index is 0.196. The van der Waals surface area contributed by atoms with Crippen LogP contribution in [0.2, 0.25) is 0 Å². The zero-order valence-corrected chi connectivity index (χ0v) is 17.0. The van der Waals surface area contributed by atoms with Crippen LogP contribution in [0.25, 0.3) is 0 Å². The van der Waals surface area contributed by atoms with Crippen molar-refractivity contribution in [2.24, 2.45) is 5.92 Å². The van der Waals surface area contributed by atoms with E-state index in [0.29, 0.717) is 24.1 Å². The van der Waals surface area contributed by atoms with Crippen molar-refractivity contribution >= 4 is 33.5 Å². The molecule has 158 valence electrons. The zero-order valence-electron chi connectivity index (χ0n) is 16.2. The molecule has 2 N–H and O–H groups in total. The molecule has 2 aliphatic rings. The van der Waals surface area contributed by atoms with Crippen LogP contribution in [-0.4, -0.2) is 62.5 Å². The number of hydrogen-bond donors (Lipinski definition) is 2. The Labute approximate surface area is 169 Å². The number of carbonyl (C=O) groups is 3. The van der Waals surface area contributed by atoms with Gasteiger partial charge in [0.25, 0.3) is 11.8 Å². The lowest BCUT2D eigenvalue weighted by Crippen LogP contribution is -2.40. The van der Waals surface area contributed by atoms with Gasteiger partial charge in [-0.05, 0) is 37.8 Å². The van der Waals surface area contributed by atoms with Crippen LogP contribution in [0.5, 0.6) is 0 Å². The molecule has 3 rings (SSSR count). The molecule has 29 heavy (non-hydrogen) atoms. The Morgan fingerprint density at radius 3 is 2.38 bits per heavy atom. The second kappa shape index (κ2) is 8.91. The average Bonchev–Trinajstić information content (AvgIpc) is 3.50. The molecule has 2 amide bonds. The number of esters is 1. The van der Waals surface area contributed by atoms with Crippen molar-refractivity contribution in [3.05, 3.63) is 29.8 Å². The average molecular weight is 423 g/mol. The fourth-order valence-electron chi connectivity index (χ4n) is 3.14. The van der Waals surface area contributed by atoms with E-state index in [0.717, 1.165) is 19.1 Å². The van der Waals surface area contributed by atoms with Crippen LogP contribution < -0.4 is 10.6 Å². The lowest BCUT2D eigenvalue weighted by Gasteiger charge is -2.28. The number of para-hydroxylation sites is 1. The fourth-order valence-corrected chi connectivity index (χ4v) is 4.02. The Morgan fingerprint density at radius 2 is 1.76 bits per heavy atom. The SMILES string of the molecule is CS(=O)(=O)N1CCC(C(=O)OCC(=O)Nc2ccccc2C(=O)NC2CC2)CC1. The van der Waals surface area contributed by atoms with Gasteiger partial charge in [-0.15, -0.1) is 0 Å². The van der Waals surface area contributed by atoms with Crippen LogP contribution in [-0.2, 0) is 24.3 Å². The first-order valence-electron chi connectivity index (χ1n) is 9.55. The molecule has 9 nitrogen and oxygen atoms in total. The number of benzene rings is 1. The third-order valence-corrected chi connectivity index (χ3v) is 6.26. The van der Waals surface area contributed by atoms with Crippen LogP contribution in [0.1, 0.15) is 36.0 Å². The summed E-state index contributed by atoms with van der Waals surface area (Å²) < 4.78 is 29.5. The standard InChI is InChI=1S/C19H25N3O6S/c1-29(26,27)22-10-8-13(9-11-22)19(25)28-12-17(23)21-16-5-3-2-4-15(16)18(24)20-14-6-7-14/h2-5,13-14H,6-12H2,1H3,(H,20,24)(H,21,23). The van der Waals surface area contributed by atoms with Crippen molar-refractivity contribution in [1.29, 1.82) is 0 Å². The van der Waals surface area contributed by atoms with Gasteiger partial charge in [0, 0.05) is 19.1 Å². The van der Waals surface area contributed by atoms with E-state index in [9.17, 15) is 22.8 Å². The molecule has 0 atom stereocenters. The number of nitrogens with zero attached hydrogens (tertiary/aromatic N) is 1. The number of amides is 2. The molecule has 0 unspecified atom stereocenters. The molecule has 2 fully saturated rings. The number of carbonyl (C=O) groups excluding carboxylic acids is 3. The van der Waals surface area contributed by atoms with E-state index in [4.69, 9.17) is 4.74 Å². The molecule has 0 bridgehead atoms. The van der Waals surface area contributed by atoms with E-state index in [-0.39, 0.29) is 25.0 Å². The topological polar surface area (TPSA) is 122 Å². The molecular formula is C19H25N3O6S. The van der Waals surface area contributed by atoms with Gasteiger partial charge in [0.05, 0.1) is 23.4 Å². The van der Waals surface area contributed by atoms with Gasteiger partial charge in [0.15, 0.2) is 6.61 Å². The molecule has 1 saturated heterocycles. The van der Waals surface area contributed by atoms with Crippen LogP contribution in [0.4, 0.5) is 5.69 Å². The Morgan fingerprint density at radius 1 is 1.10 bits per heavy atom. The molecule has 1 saturated carbocycles. The van der Waals surface area contributed by atoms with Crippen molar-refractivity contribution in [3.63, 3.8) is 0 Å². The summed E-state index contributed by atoms with van der Waals surface area (Å²) in [6.07, 6.45) is 3.77. The largest absolute Gasteiger partial charge is 0.455 e. The molecule has 1 aliphatic carbocycles. The predicted octanol–water partition coefficient (Wildman–Crippen LogP) is 0.732. The number of nitrogens with one attached hydrogen (secondary N) is 2. The molecule has 1 aliphatic heterocycles. The number of anilines is 1. The van der Waals surface area contributed by atoms with E-state index in [1.807, 2.05) is 0 Å². The number of hydrogen-bond acceptors (Lipinski definition) is 6. The predicted molar refractivity (Wildman–Crippen MR) is 106 cm³/mol. The van der Waals surface area contributed by atoms with Crippen LogP contribution in [0.3, 0.4) is 0 Å². The smallest absolute Gasteiger partial charge is 0.309 e. The first-order valence-corrected chi connectivity index (χ1v) is 11.4. The maximum Gasteiger partial charge on any atom is 0.309 e. The van der Waals surface area contributed by atoms with Gasteiger partial charge in [-0.1, -0.05) is 12.1 Å². The molecule has 10 heteroatoms. The molecule has 0 radical (unpaired) electrons. The molecule has 1 heterocycles. The van der Waals surface area contributed by atoms with Crippen LogP contribution in [0, 0.1) is 5.92 Å². The second-order valence-electron chi connectivity index (χ2n) is 7.39. The van der Waals surface area contributed by atoms with E-state index in [2.05, 4.69) is 10.6 Å². The molecule has 0 spiro atoms. The maximum absolute atomic E-state index is 12.3. The Balaban J connectivity index is 1.48. The summed E-state index contributed by atoms with van der Waals surface area (Å²) in [5.74, 6) is -1.75. The third-order valence-electron chi connectivity index (χ3n) is 4.96. The normalized spacial score (nSPS) is 18.1. The van der Waals surface area contributed by atoms with Crippen molar-refractivity contribution < 1.29 is 27.5 Å². The number of rotatable bonds is 7. The van der Waals surface area contributed by atoms with Gasteiger partial charge in [0.2, 0.25) is 10.0 Å². The highest BCUT2D eigenvalue weighted by atomic mass is 32.2. The van der Waals surface area contributed by atoms with E-state index < -0.39 is 34.4 Å². The molecule has 0 aromatic heterocycles. The first kappa shape index (κ1) is 21.3. The van der Waals surface area contributed by atoms with Gasteiger partial charge in [-0.25, -0.2) is 12.7 Å². The number of sulfonamides is 1. The van der Waals surface area contributed by atoms with Gasteiger partial charge >= 0.3 is 5.97 Å². The number of piperidine rings is 1. The van der Waals surface area contributed by atoms with E-state index in [1.165, 1.54) is 4.31 Å². The van der Waals surface area contributed by atoms with Crippen molar-refractivity contribution in [3.8, 4) is 0 Å². The van der Waals surface area contributed by atoms with E-state index in [1.54, 1.807) is 24.3 Å². The van der Waals surface area contributed by atoms with Gasteiger partial charge in [-0.2, -0.15) is 0 Å². The summed E-state index contributed by atoms with van der Waals surface area (Å²) in [6, 6.07) is 6.84. The van der Waals surface area contributed by atoms with Crippen molar-refractivity contribution in [2.75, 3.05) is 31.3 Å². The maximum atomic E-state index is 12.3. The Hall–Kier alpha value is -2.46. The summed E-state index contributed by atoms with van der Waals surface area (Å²) in [7, 11) is -3.27. The second-order valence-corrected chi connectivity index (χ2v) is 9.37. The van der Waals surface area contributed by atoms with Crippen LogP contribution in [0.15, 0.2) is 24.3 Å². The zero-order chi connectivity index (χ0) is 21.0. The fraction of sp³-hybridized carbons (Fsp3) is 0.526. The summed E-state index contributed by atoms with van der Waals surface area (Å²) in [4.78, 5) is 36.6. The quantitative estimate of drug-likeness (QED) is 0.624. The number of ether oxygens (including phenoxy) is 1. The van der Waals surface area contributed by atoms with Crippen LogP contribution >= 0.6 is 0 Å². The van der Waals surface area contributed by atoms with Gasteiger partial charge in [-0.3, -0.25) is 14.4 Å². The highest BCUT2D eigenvalue weighted by Crippen LogP contribution is 2.22. The minimum atomic E-state index is -3.27. The third kappa shape index (κ3) is 6.01. The molecule has 1 aromatic rings. The Kier molecular flexibility index (Phi) is 6.53. The monoisotopic (exact) mass is 423 g/mol. The summed E-state index contributed by atoms with van der Waals surface area (Å²) in [6.45, 7) is 0.0479. The Bertz CT molecular complexity index is 889. The summed E-state index contributed by atoms with van der Waals surface area (Å²) in [5.41, 5.74) is 0.709. The van der Waals surface area contributed by atoms with E-state index >= 15 is 0 Å². The highest BCUT2D eigenvalue weighted by Gasteiger charge is 2.30. The molecular weight excluding hydrogens is 398 g/mol. The highest BCUT2D eigenvalue weighted by molar-refractivity contribution is 7.88. The van der Waals surface area contributed by atoms with Crippen molar-refractivity contribution in [1.82, 2.24) is 9.62 Å². The molecule has 1 aromatic carbocycles. The van der Waals surface area contributed by atoms with Crippen molar-refractivity contribution in [2.45, 2.75) is 31.7 Å². The lowest BCUT2D eigenvalue weighted by molar-refractivity contribution is -0.152. The minimum Gasteiger partial charge on any atom is -0.455 e.